The zero-order valence-corrected chi connectivity index (χ0v) is 18.9. The van der Waals surface area contributed by atoms with E-state index in [1.165, 1.54) is 10.8 Å². The number of nitrogens with one attached hydrogen (secondary N) is 1. The lowest BCUT2D eigenvalue weighted by Gasteiger charge is -2.23. The smallest absolute Gasteiger partial charge is 0.121 e. The topological polar surface area (TPSA) is 34.2 Å². The molecule has 0 amide bonds. The number of hydrogen-bond donors (Lipinski definition) is 1. The third-order valence-corrected chi connectivity index (χ3v) is 5.03. The van der Waals surface area contributed by atoms with Gasteiger partial charge in [0.15, 0.2) is 0 Å². The average molecular weight is 400 g/mol. The van der Waals surface area contributed by atoms with Crippen molar-refractivity contribution in [1.82, 2.24) is 4.98 Å². The van der Waals surface area contributed by atoms with Crippen LogP contribution in [-0.4, -0.2) is 82.5 Å². The Hall–Kier alpha value is -2.24. The molecule has 0 radical (unpaired) electrons. The quantitative estimate of drug-likeness (QED) is 0.408. The van der Waals surface area contributed by atoms with Crippen molar-refractivity contribution in [3.05, 3.63) is 36.4 Å². The van der Waals surface area contributed by atoms with E-state index in [9.17, 15) is 0 Å². The van der Waals surface area contributed by atoms with Gasteiger partial charge in [-0.2, -0.15) is 0 Å². The van der Waals surface area contributed by atoms with Gasteiger partial charge in [0.05, 0.1) is 74.1 Å². The van der Waals surface area contributed by atoms with Crippen LogP contribution in [0.2, 0.25) is 0 Å². The van der Waals surface area contributed by atoms with Gasteiger partial charge in [0.1, 0.15) is 11.5 Å². The van der Waals surface area contributed by atoms with Gasteiger partial charge in [-0.3, -0.25) is 0 Å². The summed E-state index contributed by atoms with van der Waals surface area (Å²) >= 11 is 0. The summed E-state index contributed by atoms with van der Waals surface area (Å²) in [5, 5.41) is 2.40. The fourth-order valence-corrected chi connectivity index (χ4v) is 3.50. The standard InChI is InChI=1S/C24H37N3O2/c1-26(2,3)13-7-15-28-19-10-12-23-22(17-19)21-11-9-20(18-24(21)25-23)29-16-8-14-27(4,5)6/h9-12,17-18,25H,7-8,13-16H2,1-6H3/q+2. The monoisotopic (exact) mass is 399 g/mol. The van der Waals surface area contributed by atoms with E-state index in [0.29, 0.717) is 0 Å². The van der Waals surface area contributed by atoms with Crippen LogP contribution in [0.4, 0.5) is 0 Å². The Bertz CT molecular complexity index is 948. The number of benzene rings is 2. The van der Waals surface area contributed by atoms with Crippen molar-refractivity contribution >= 4 is 21.8 Å². The first-order valence-electron chi connectivity index (χ1n) is 10.5. The molecule has 1 heterocycles. The molecule has 0 aliphatic carbocycles. The second-order valence-electron chi connectivity index (χ2n) is 9.97. The van der Waals surface area contributed by atoms with Crippen LogP contribution in [-0.2, 0) is 0 Å². The summed E-state index contributed by atoms with van der Waals surface area (Å²) in [6.07, 6.45) is 2.09. The van der Waals surface area contributed by atoms with Gasteiger partial charge in [-0.15, -0.1) is 0 Å². The van der Waals surface area contributed by atoms with Gasteiger partial charge in [0.25, 0.3) is 0 Å². The number of ether oxygens (including phenoxy) is 2. The van der Waals surface area contributed by atoms with Gasteiger partial charge in [-0.1, -0.05) is 0 Å². The minimum atomic E-state index is 0.743. The molecular weight excluding hydrogens is 362 g/mol. The Morgan fingerprint density at radius 3 is 1.79 bits per heavy atom. The van der Waals surface area contributed by atoms with Gasteiger partial charge in [0, 0.05) is 35.2 Å². The molecule has 0 bridgehead atoms. The predicted octanol–water partition coefficient (Wildman–Crippen LogP) is 4.27. The van der Waals surface area contributed by atoms with Crippen molar-refractivity contribution in [3.8, 4) is 11.5 Å². The second kappa shape index (κ2) is 8.64. The number of quaternary nitrogens is 2. The normalized spacial score (nSPS) is 12.6. The van der Waals surface area contributed by atoms with Crippen LogP contribution in [0.25, 0.3) is 21.8 Å². The van der Waals surface area contributed by atoms with E-state index in [1.807, 2.05) is 6.07 Å². The maximum atomic E-state index is 5.99. The Balaban J connectivity index is 1.65. The Morgan fingerprint density at radius 2 is 1.21 bits per heavy atom. The molecule has 2 aromatic carbocycles. The van der Waals surface area contributed by atoms with E-state index in [2.05, 4.69) is 77.6 Å². The Labute approximate surface area is 175 Å². The van der Waals surface area contributed by atoms with Crippen LogP contribution in [0.5, 0.6) is 11.5 Å². The highest BCUT2D eigenvalue weighted by molar-refractivity contribution is 6.08. The van der Waals surface area contributed by atoms with Crippen LogP contribution in [0.15, 0.2) is 36.4 Å². The lowest BCUT2D eigenvalue weighted by atomic mass is 10.1. The highest BCUT2D eigenvalue weighted by Crippen LogP contribution is 2.31. The third kappa shape index (κ3) is 6.38. The zero-order valence-electron chi connectivity index (χ0n) is 18.9. The molecule has 1 aromatic heterocycles. The summed E-state index contributed by atoms with van der Waals surface area (Å²) in [4.78, 5) is 3.51. The molecule has 0 aliphatic rings. The Morgan fingerprint density at radius 1 is 0.655 bits per heavy atom. The van der Waals surface area contributed by atoms with Crippen molar-refractivity contribution < 1.29 is 18.4 Å². The number of hydrogen-bond acceptors (Lipinski definition) is 2. The van der Waals surface area contributed by atoms with E-state index in [4.69, 9.17) is 9.47 Å². The lowest BCUT2D eigenvalue weighted by Crippen LogP contribution is -2.36. The van der Waals surface area contributed by atoms with Gasteiger partial charge in [0.2, 0.25) is 0 Å². The summed E-state index contributed by atoms with van der Waals surface area (Å²) in [5.74, 6) is 1.85. The lowest BCUT2D eigenvalue weighted by molar-refractivity contribution is -0.870. The van der Waals surface area contributed by atoms with Crippen molar-refractivity contribution in [1.29, 1.82) is 0 Å². The van der Waals surface area contributed by atoms with E-state index in [0.717, 1.165) is 70.6 Å². The fourth-order valence-electron chi connectivity index (χ4n) is 3.50. The Kier molecular flexibility index (Phi) is 6.39. The maximum Gasteiger partial charge on any atom is 0.121 e. The van der Waals surface area contributed by atoms with Crippen LogP contribution in [0.1, 0.15) is 12.8 Å². The first-order chi connectivity index (χ1) is 13.6. The molecule has 0 spiro atoms. The summed E-state index contributed by atoms with van der Waals surface area (Å²) in [6, 6.07) is 12.6. The fraction of sp³-hybridized carbons (Fsp3) is 0.500. The number of rotatable bonds is 10. The average Bonchev–Trinajstić information content (AvgIpc) is 2.98. The van der Waals surface area contributed by atoms with Crippen molar-refractivity contribution in [2.24, 2.45) is 0 Å². The number of aromatic nitrogens is 1. The molecule has 1 N–H and O–H groups in total. The second-order valence-corrected chi connectivity index (χ2v) is 9.97. The first kappa shape index (κ1) is 21.5. The zero-order chi connectivity index (χ0) is 21.1. The van der Waals surface area contributed by atoms with Gasteiger partial charge >= 0.3 is 0 Å². The SMILES string of the molecule is C[N+](C)(C)CCCOc1ccc2c(c1)[nH]c1ccc(OCCC[N+](C)(C)C)cc12. The molecular formula is C24H37N3O2+2. The molecule has 0 fully saturated rings. The predicted molar refractivity (Wildman–Crippen MR) is 122 cm³/mol. The van der Waals surface area contributed by atoms with Crippen molar-refractivity contribution in [3.63, 3.8) is 0 Å². The number of H-pyrrole nitrogens is 1. The van der Waals surface area contributed by atoms with E-state index in [1.54, 1.807) is 0 Å². The summed E-state index contributed by atoms with van der Waals surface area (Å²) in [5.41, 5.74) is 2.23. The maximum absolute atomic E-state index is 5.99. The molecule has 0 atom stereocenters. The molecule has 0 saturated heterocycles. The number of nitrogens with zero attached hydrogens (tertiary/aromatic N) is 2. The van der Waals surface area contributed by atoms with Crippen LogP contribution >= 0.6 is 0 Å². The highest BCUT2D eigenvalue weighted by Gasteiger charge is 2.10. The van der Waals surface area contributed by atoms with Crippen LogP contribution < -0.4 is 9.47 Å². The van der Waals surface area contributed by atoms with E-state index < -0.39 is 0 Å². The first-order valence-corrected chi connectivity index (χ1v) is 10.5. The minimum Gasteiger partial charge on any atom is -0.493 e. The third-order valence-electron chi connectivity index (χ3n) is 5.03. The van der Waals surface area contributed by atoms with E-state index >= 15 is 0 Å². The summed E-state index contributed by atoms with van der Waals surface area (Å²) < 4.78 is 13.9. The van der Waals surface area contributed by atoms with Crippen molar-refractivity contribution in [2.45, 2.75) is 12.8 Å². The minimum absolute atomic E-state index is 0.743. The molecule has 5 heteroatoms. The molecule has 5 nitrogen and oxygen atoms in total. The molecule has 3 rings (SSSR count). The molecule has 0 aliphatic heterocycles. The molecule has 158 valence electrons. The number of fused-ring (bicyclic) bond motifs is 3. The van der Waals surface area contributed by atoms with E-state index in [-0.39, 0.29) is 0 Å². The van der Waals surface area contributed by atoms with Crippen LogP contribution in [0.3, 0.4) is 0 Å². The largest absolute Gasteiger partial charge is 0.493 e. The molecule has 3 aromatic rings. The number of aromatic amines is 1. The van der Waals surface area contributed by atoms with Gasteiger partial charge in [-0.25, -0.2) is 0 Å². The molecule has 0 unspecified atom stereocenters. The van der Waals surface area contributed by atoms with Crippen molar-refractivity contribution in [2.75, 3.05) is 68.6 Å². The van der Waals surface area contributed by atoms with Gasteiger partial charge < -0.3 is 23.4 Å². The molecule has 0 saturated carbocycles. The van der Waals surface area contributed by atoms with Crippen LogP contribution in [0, 0.1) is 0 Å². The van der Waals surface area contributed by atoms with Gasteiger partial charge in [-0.05, 0) is 30.3 Å². The summed E-state index contributed by atoms with van der Waals surface area (Å²) in [6.45, 7) is 3.69. The summed E-state index contributed by atoms with van der Waals surface area (Å²) in [7, 11) is 13.2. The highest BCUT2D eigenvalue weighted by atomic mass is 16.5. The molecule has 29 heavy (non-hydrogen) atoms.